The van der Waals surface area contributed by atoms with Crippen LogP contribution in [-0.2, 0) is 0 Å². The SMILES string of the molecule is C=C/C(=C(\C=C/C)c1c2ccccc2c(-c2ccc3oc4cc5ccccc5cc4c3c2)c2ccccc12)c1ccccc1. The highest BCUT2D eigenvalue weighted by molar-refractivity contribution is 6.23. The first-order valence-electron chi connectivity index (χ1n) is 15.1. The molecule has 208 valence electrons. The van der Waals surface area contributed by atoms with Crippen molar-refractivity contribution in [1.82, 2.24) is 0 Å². The van der Waals surface area contributed by atoms with Crippen molar-refractivity contribution < 1.29 is 4.42 Å². The number of hydrogen-bond donors (Lipinski definition) is 0. The Morgan fingerprint density at radius 1 is 0.545 bits per heavy atom. The van der Waals surface area contributed by atoms with Gasteiger partial charge in [-0.1, -0.05) is 134 Å². The van der Waals surface area contributed by atoms with Crippen molar-refractivity contribution in [1.29, 1.82) is 0 Å². The zero-order chi connectivity index (χ0) is 29.6. The zero-order valence-corrected chi connectivity index (χ0v) is 24.5. The Hall–Kier alpha value is -5.66. The van der Waals surface area contributed by atoms with E-state index in [-0.39, 0.29) is 0 Å². The molecule has 1 aromatic heterocycles. The predicted molar refractivity (Wildman–Crippen MR) is 190 cm³/mol. The van der Waals surface area contributed by atoms with Crippen LogP contribution in [0.3, 0.4) is 0 Å². The number of hydrogen-bond acceptors (Lipinski definition) is 1. The Bertz CT molecular complexity index is 2390. The smallest absolute Gasteiger partial charge is 0.136 e. The van der Waals surface area contributed by atoms with E-state index in [4.69, 9.17) is 4.42 Å². The Labute approximate surface area is 256 Å². The molecule has 0 atom stereocenters. The van der Waals surface area contributed by atoms with Crippen LogP contribution in [0.1, 0.15) is 18.1 Å². The van der Waals surface area contributed by atoms with E-state index in [1.807, 2.05) is 6.08 Å². The molecule has 0 spiro atoms. The van der Waals surface area contributed by atoms with Crippen LogP contribution in [0.5, 0.6) is 0 Å². The van der Waals surface area contributed by atoms with Gasteiger partial charge in [0.15, 0.2) is 0 Å². The molecule has 1 heterocycles. The van der Waals surface area contributed by atoms with Gasteiger partial charge in [-0.2, -0.15) is 0 Å². The fourth-order valence-corrected chi connectivity index (χ4v) is 6.82. The molecule has 1 nitrogen and oxygen atoms in total. The van der Waals surface area contributed by atoms with Gasteiger partial charge >= 0.3 is 0 Å². The Kier molecular flexibility index (Phi) is 6.24. The Balaban J connectivity index is 1.47. The maximum absolute atomic E-state index is 6.36. The standard InChI is InChI=1S/C43H30O/c1-3-14-33(32(4-2)28-15-6-5-7-16-28)43-36-21-12-10-19-34(36)42(35-20-11-13-22-37(35)43)31-23-24-40-38(26-31)39-25-29-17-8-9-18-30(29)27-41(39)44-40/h3-27H,2H2,1H3/b14-3-,33-32-. The first kappa shape index (κ1) is 26.0. The summed E-state index contributed by atoms with van der Waals surface area (Å²) in [4.78, 5) is 0. The van der Waals surface area contributed by atoms with Crippen molar-refractivity contribution >= 4 is 65.4 Å². The summed E-state index contributed by atoms with van der Waals surface area (Å²) < 4.78 is 6.36. The van der Waals surface area contributed by atoms with Crippen molar-refractivity contribution in [3.8, 4) is 11.1 Å². The van der Waals surface area contributed by atoms with Crippen molar-refractivity contribution in [2.75, 3.05) is 0 Å². The number of allylic oxidation sites excluding steroid dienone is 5. The van der Waals surface area contributed by atoms with Gasteiger partial charge in [0.1, 0.15) is 11.2 Å². The minimum absolute atomic E-state index is 0.904. The van der Waals surface area contributed by atoms with Gasteiger partial charge in [0, 0.05) is 10.8 Å². The number of rotatable bonds is 5. The molecular formula is C43H30O. The molecule has 0 radical (unpaired) electrons. The van der Waals surface area contributed by atoms with Crippen molar-refractivity contribution in [2.24, 2.45) is 0 Å². The van der Waals surface area contributed by atoms with Crippen LogP contribution < -0.4 is 0 Å². The molecule has 0 aliphatic heterocycles. The minimum atomic E-state index is 0.904. The van der Waals surface area contributed by atoms with Gasteiger partial charge in [0.05, 0.1) is 0 Å². The monoisotopic (exact) mass is 562 g/mol. The van der Waals surface area contributed by atoms with Gasteiger partial charge in [-0.15, -0.1) is 0 Å². The zero-order valence-electron chi connectivity index (χ0n) is 24.5. The summed E-state index contributed by atoms with van der Waals surface area (Å²) in [7, 11) is 0. The molecule has 0 bridgehead atoms. The molecule has 0 saturated heterocycles. The average molecular weight is 563 g/mol. The van der Waals surface area contributed by atoms with Crippen molar-refractivity contribution in [3.63, 3.8) is 0 Å². The molecule has 0 N–H and O–H groups in total. The molecule has 0 saturated carbocycles. The van der Waals surface area contributed by atoms with E-state index in [9.17, 15) is 0 Å². The van der Waals surface area contributed by atoms with Crippen LogP contribution in [0.15, 0.2) is 163 Å². The lowest BCUT2D eigenvalue weighted by molar-refractivity contribution is 0.669. The molecular weight excluding hydrogens is 532 g/mol. The number of benzene rings is 7. The Morgan fingerprint density at radius 3 is 1.80 bits per heavy atom. The van der Waals surface area contributed by atoms with Crippen LogP contribution in [0.25, 0.3) is 76.5 Å². The van der Waals surface area contributed by atoms with E-state index in [0.29, 0.717) is 0 Å². The van der Waals surface area contributed by atoms with E-state index in [2.05, 4.69) is 159 Å². The van der Waals surface area contributed by atoms with E-state index in [0.717, 1.165) is 38.6 Å². The summed E-state index contributed by atoms with van der Waals surface area (Å²) >= 11 is 0. The van der Waals surface area contributed by atoms with Gasteiger partial charge in [-0.05, 0) is 96.9 Å². The van der Waals surface area contributed by atoms with Crippen molar-refractivity contribution in [2.45, 2.75) is 6.92 Å². The van der Waals surface area contributed by atoms with Gasteiger partial charge in [-0.3, -0.25) is 0 Å². The summed E-state index contributed by atoms with van der Waals surface area (Å²) in [6.45, 7) is 6.34. The fraction of sp³-hybridized carbons (Fsp3) is 0.0233. The van der Waals surface area contributed by atoms with E-state index >= 15 is 0 Å². The molecule has 7 aromatic carbocycles. The third-order valence-corrected chi connectivity index (χ3v) is 8.74. The molecule has 0 aliphatic rings. The second kappa shape index (κ2) is 10.6. The first-order chi connectivity index (χ1) is 21.7. The second-order valence-electron chi connectivity index (χ2n) is 11.2. The molecule has 0 fully saturated rings. The summed E-state index contributed by atoms with van der Waals surface area (Å²) in [6.07, 6.45) is 6.34. The molecule has 1 heteroatoms. The molecule has 44 heavy (non-hydrogen) atoms. The number of fused-ring (bicyclic) bond motifs is 6. The van der Waals surface area contributed by atoms with Gasteiger partial charge < -0.3 is 4.42 Å². The highest BCUT2D eigenvalue weighted by atomic mass is 16.3. The van der Waals surface area contributed by atoms with Crippen LogP contribution >= 0.6 is 0 Å². The maximum Gasteiger partial charge on any atom is 0.136 e. The van der Waals surface area contributed by atoms with E-state index in [1.54, 1.807) is 0 Å². The molecule has 8 rings (SSSR count). The molecule has 0 unspecified atom stereocenters. The summed E-state index contributed by atoms with van der Waals surface area (Å²) in [5.74, 6) is 0. The van der Waals surface area contributed by atoms with E-state index < -0.39 is 0 Å². The van der Waals surface area contributed by atoms with Crippen molar-refractivity contribution in [3.05, 3.63) is 169 Å². The van der Waals surface area contributed by atoms with Gasteiger partial charge in [0.25, 0.3) is 0 Å². The molecule has 8 aromatic rings. The highest BCUT2D eigenvalue weighted by Crippen LogP contribution is 2.45. The molecule has 0 amide bonds. The first-order valence-corrected chi connectivity index (χ1v) is 15.1. The molecule has 0 aliphatic carbocycles. The van der Waals surface area contributed by atoms with E-state index in [1.165, 1.54) is 49.0 Å². The summed E-state index contributed by atoms with van der Waals surface area (Å²) in [5, 5.41) is 9.55. The van der Waals surface area contributed by atoms with Crippen LogP contribution in [0.2, 0.25) is 0 Å². The maximum atomic E-state index is 6.36. The fourth-order valence-electron chi connectivity index (χ4n) is 6.82. The predicted octanol–water partition coefficient (Wildman–Crippen LogP) is 12.4. The lowest BCUT2D eigenvalue weighted by Gasteiger charge is -2.20. The Morgan fingerprint density at radius 2 is 1.14 bits per heavy atom. The third kappa shape index (κ3) is 4.09. The second-order valence-corrected chi connectivity index (χ2v) is 11.2. The third-order valence-electron chi connectivity index (χ3n) is 8.74. The number of furan rings is 1. The van der Waals surface area contributed by atoms with Crippen LogP contribution in [0, 0.1) is 0 Å². The summed E-state index contributed by atoms with van der Waals surface area (Å²) in [5.41, 5.74) is 8.88. The van der Waals surface area contributed by atoms with Gasteiger partial charge in [-0.25, -0.2) is 0 Å². The minimum Gasteiger partial charge on any atom is -0.456 e. The lowest BCUT2D eigenvalue weighted by atomic mass is 9.83. The van der Waals surface area contributed by atoms with Crippen LogP contribution in [-0.4, -0.2) is 0 Å². The summed E-state index contributed by atoms with van der Waals surface area (Å²) in [6, 6.07) is 47.7. The van der Waals surface area contributed by atoms with Gasteiger partial charge in [0.2, 0.25) is 0 Å². The highest BCUT2D eigenvalue weighted by Gasteiger charge is 2.20. The quantitative estimate of drug-likeness (QED) is 0.115. The van der Waals surface area contributed by atoms with Crippen LogP contribution in [0.4, 0.5) is 0 Å². The topological polar surface area (TPSA) is 13.1 Å². The lowest BCUT2D eigenvalue weighted by Crippen LogP contribution is -1.95. The average Bonchev–Trinajstić information content (AvgIpc) is 3.43. The largest absolute Gasteiger partial charge is 0.456 e. The normalized spacial score (nSPS) is 12.6.